The van der Waals surface area contributed by atoms with E-state index in [0.717, 1.165) is 50.5 Å². The molecule has 24 heavy (non-hydrogen) atoms. The number of hydrogen-bond donors (Lipinski definition) is 0. The Hall–Kier alpha value is -1.92. The van der Waals surface area contributed by atoms with E-state index in [0.29, 0.717) is 12.6 Å². The minimum absolute atomic E-state index is 0.0119. The molecule has 0 amide bonds. The highest BCUT2D eigenvalue weighted by atomic mass is 16.5. The summed E-state index contributed by atoms with van der Waals surface area (Å²) in [6.07, 6.45) is 5.77. The standard InChI is InChI=1S/C18H23N3O3/c1-14-4-7-19-17(20-14)24-13-18-6-10-23-16(18)5-8-21(12-18)11-15-3-2-9-22-15/h2-4,7,9,16H,5-6,8,10-13H2,1H3/t16-,18+/m1/s1. The quantitative estimate of drug-likeness (QED) is 0.840. The van der Waals surface area contributed by atoms with Gasteiger partial charge in [-0.25, -0.2) is 9.97 Å². The van der Waals surface area contributed by atoms with Gasteiger partial charge in [-0.15, -0.1) is 0 Å². The van der Waals surface area contributed by atoms with Crippen LogP contribution in [0.1, 0.15) is 24.3 Å². The summed E-state index contributed by atoms with van der Waals surface area (Å²) in [4.78, 5) is 11.0. The average Bonchev–Trinajstić information content (AvgIpc) is 3.22. The van der Waals surface area contributed by atoms with E-state index in [4.69, 9.17) is 13.9 Å². The predicted molar refractivity (Wildman–Crippen MR) is 87.7 cm³/mol. The molecule has 0 saturated carbocycles. The predicted octanol–water partition coefficient (Wildman–Crippen LogP) is 2.44. The Balaban J connectivity index is 1.45. The molecule has 0 spiro atoms. The molecule has 2 aromatic rings. The molecule has 4 heterocycles. The number of furan rings is 1. The molecule has 0 aliphatic carbocycles. The van der Waals surface area contributed by atoms with E-state index in [2.05, 4.69) is 14.9 Å². The van der Waals surface area contributed by atoms with Crippen molar-refractivity contribution in [2.45, 2.75) is 32.4 Å². The van der Waals surface area contributed by atoms with Gasteiger partial charge in [-0.3, -0.25) is 4.90 Å². The summed E-state index contributed by atoms with van der Waals surface area (Å²) in [7, 11) is 0. The Morgan fingerprint density at radius 2 is 2.38 bits per heavy atom. The Morgan fingerprint density at radius 1 is 1.42 bits per heavy atom. The zero-order valence-corrected chi connectivity index (χ0v) is 14.0. The lowest BCUT2D eigenvalue weighted by molar-refractivity contribution is -0.0440. The minimum Gasteiger partial charge on any atom is -0.468 e. The molecule has 0 bridgehead atoms. The molecule has 0 unspecified atom stereocenters. The van der Waals surface area contributed by atoms with Crippen molar-refractivity contribution in [2.24, 2.45) is 5.41 Å². The fourth-order valence-electron chi connectivity index (χ4n) is 3.81. The number of fused-ring (bicyclic) bond motifs is 1. The Labute approximate surface area is 141 Å². The monoisotopic (exact) mass is 329 g/mol. The van der Waals surface area contributed by atoms with Gasteiger partial charge < -0.3 is 13.9 Å². The van der Waals surface area contributed by atoms with Gasteiger partial charge in [-0.2, -0.15) is 0 Å². The van der Waals surface area contributed by atoms with Gasteiger partial charge in [0.15, 0.2) is 0 Å². The van der Waals surface area contributed by atoms with E-state index < -0.39 is 0 Å². The maximum atomic E-state index is 5.99. The van der Waals surface area contributed by atoms with Crippen molar-refractivity contribution >= 4 is 0 Å². The van der Waals surface area contributed by atoms with Gasteiger partial charge in [0.25, 0.3) is 0 Å². The molecule has 4 rings (SSSR count). The van der Waals surface area contributed by atoms with Crippen LogP contribution in [-0.4, -0.2) is 47.3 Å². The molecule has 6 nitrogen and oxygen atoms in total. The summed E-state index contributed by atoms with van der Waals surface area (Å²) < 4.78 is 17.4. The lowest BCUT2D eigenvalue weighted by Crippen LogP contribution is -2.52. The number of hydrogen-bond acceptors (Lipinski definition) is 6. The van der Waals surface area contributed by atoms with E-state index in [-0.39, 0.29) is 11.5 Å². The van der Waals surface area contributed by atoms with Crippen LogP contribution in [0, 0.1) is 12.3 Å². The molecule has 6 heteroatoms. The molecular weight excluding hydrogens is 306 g/mol. The molecule has 2 aromatic heterocycles. The topological polar surface area (TPSA) is 60.6 Å². The summed E-state index contributed by atoms with van der Waals surface area (Å²) >= 11 is 0. The highest BCUT2D eigenvalue weighted by Crippen LogP contribution is 2.41. The van der Waals surface area contributed by atoms with Crippen molar-refractivity contribution in [1.29, 1.82) is 0 Å². The van der Waals surface area contributed by atoms with Gasteiger partial charge in [0.1, 0.15) is 12.4 Å². The second-order valence-corrected chi connectivity index (χ2v) is 6.82. The van der Waals surface area contributed by atoms with E-state index in [1.54, 1.807) is 12.5 Å². The van der Waals surface area contributed by atoms with Gasteiger partial charge in [0.05, 0.1) is 18.9 Å². The first-order chi connectivity index (χ1) is 11.7. The number of rotatable bonds is 5. The van der Waals surface area contributed by atoms with Crippen LogP contribution in [-0.2, 0) is 11.3 Å². The molecular formula is C18H23N3O3. The fraction of sp³-hybridized carbons (Fsp3) is 0.556. The first kappa shape index (κ1) is 15.6. The van der Waals surface area contributed by atoms with Gasteiger partial charge in [-0.05, 0) is 38.0 Å². The lowest BCUT2D eigenvalue weighted by atomic mass is 9.77. The molecule has 0 aromatic carbocycles. The first-order valence-corrected chi connectivity index (χ1v) is 8.52. The van der Waals surface area contributed by atoms with Crippen molar-refractivity contribution in [3.8, 4) is 6.01 Å². The normalized spacial score (nSPS) is 27.1. The molecule has 2 saturated heterocycles. The smallest absolute Gasteiger partial charge is 0.316 e. The van der Waals surface area contributed by atoms with Gasteiger partial charge in [0, 0.05) is 37.0 Å². The van der Waals surface area contributed by atoms with E-state index in [1.165, 1.54) is 0 Å². The molecule has 0 N–H and O–H groups in total. The van der Waals surface area contributed by atoms with Crippen LogP contribution in [0.2, 0.25) is 0 Å². The second kappa shape index (κ2) is 6.53. The van der Waals surface area contributed by atoms with Gasteiger partial charge in [0.2, 0.25) is 0 Å². The Kier molecular flexibility index (Phi) is 4.24. The number of piperidine rings is 1. The van der Waals surface area contributed by atoms with Gasteiger partial charge in [-0.1, -0.05) is 0 Å². The summed E-state index contributed by atoms with van der Waals surface area (Å²) in [6.45, 7) is 6.15. The molecule has 2 aliphatic rings. The van der Waals surface area contributed by atoms with Crippen LogP contribution in [0.25, 0.3) is 0 Å². The number of aromatic nitrogens is 2. The SMILES string of the molecule is Cc1ccnc(OC[C@@]23CCO[C@@H]2CCN(Cc2ccco2)C3)n1. The molecule has 128 valence electrons. The number of aryl methyl sites for hydroxylation is 1. The second-order valence-electron chi connectivity index (χ2n) is 6.82. The third kappa shape index (κ3) is 3.16. The fourth-order valence-corrected chi connectivity index (χ4v) is 3.81. The average molecular weight is 329 g/mol. The maximum Gasteiger partial charge on any atom is 0.316 e. The largest absolute Gasteiger partial charge is 0.468 e. The van der Waals surface area contributed by atoms with Crippen LogP contribution in [0.3, 0.4) is 0 Å². The van der Waals surface area contributed by atoms with E-state index in [9.17, 15) is 0 Å². The summed E-state index contributed by atoms with van der Waals surface area (Å²) in [5.74, 6) is 1.01. The first-order valence-electron chi connectivity index (χ1n) is 8.52. The van der Waals surface area contributed by atoms with Crippen LogP contribution in [0.15, 0.2) is 35.1 Å². The van der Waals surface area contributed by atoms with Crippen LogP contribution in [0.5, 0.6) is 6.01 Å². The summed E-state index contributed by atoms with van der Waals surface area (Å²) in [5.41, 5.74) is 0.928. The molecule has 2 atom stereocenters. The Morgan fingerprint density at radius 3 is 3.21 bits per heavy atom. The van der Waals surface area contributed by atoms with Crippen LogP contribution < -0.4 is 4.74 Å². The Bertz CT molecular complexity index is 676. The van der Waals surface area contributed by atoms with Crippen molar-refractivity contribution in [3.63, 3.8) is 0 Å². The van der Waals surface area contributed by atoms with Crippen LogP contribution >= 0.6 is 0 Å². The lowest BCUT2D eigenvalue weighted by Gasteiger charge is -2.42. The molecule has 2 aliphatic heterocycles. The van der Waals surface area contributed by atoms with Crippen molar-refractivity contribution < 1.29 is 13.9 Å². The third-order valence-electron chi connectivity index (χ3n) is 5.07. The summed E-state index contributed by atoms with van der Waals surface area (Å²) in [6, 6.07) is 6.30. The highest BCUT2D eigenvalue weighted by molar-refractivity contribution is 5.06. The third-order valence-corrected chi connectivity index (χ3v) is 5.07. The number of nitrogens with zero attached hydrogens (tertiary/aromatic N) is 3. The molecule has 2 fully saturated rings. The minimum atomic E-state index is 0.0119. The maximum absolute atomic E-state index is 5.99. The zero-order valence-electron chi connectivity index (χ0n) is 14.0. The zero-order chi connectivity index (χ0) is 16.4. The molecule has 0 radical (unpaired) electrons. The van der Waals surface area contributed by atoms with Crippen molar-refractivity contribution in [2.75, 3.05) is 26.3 Å². The van der Waals surface area contributed by atoms with Crippen LogP contribution in [0.4, 0.5) is 0 Å². The van der Waals surface area contributed by atoms with E-state index >= 15 is 0 Å². The van der Waals surface area contributed by atoms with Crippen molar-refractivity contribution in [1.82, 2.24) is 14.9 Å². The summed E-state index contributed by atoms with van der Waals surface area (Å²) in [5, 5.41) is 0. The number of likely N-dealkylation sites (tertiary alicyclic amines) is 1. The van der Waals surface area contributed by atoms with Gasteiger partial charge >= 0.3 is 6.01 Å². The van der Waals surface area contributed by atoms with E-state index in [1.807, 2.05) is 25.1 Å². The van der Waals surface area contributed by atoms with Crippen molar-refractivity contribution in [3.05, 3.63) is 42.1 Å². The highest BCUT2D eigenvalue weighted by Gasteiger charge is 2.48. The number of ether oxygens (including phenoxy) is 2.